The number of hydrogen-bond donors (Lipinski definition) is 3. The Morgan fingerprint density at radius 2 is 1.96 bits per heavy atom. The van der Waals surface area contributed by atoms with Crippen molar-refractivity contribution in [3.05, 3.63) is 63.7 Å². The van der Waals surface area contributed by atoms with Crippen LogP contribution in [0.3, 0.4) is 0 Å². The van der Waals surface area contributed by atoms with Crippen molar-refractivity contribution in [2.75, 3.05) is 5.32 Å². The summed E-state index contributed by atoms with van der Waals surface area (Å²) in [5.74, 6) is -0.559. The molecule has 8 heteroatoms. The summed E-state index contributed by atoms with van der Waals surface area (Å²) >= 11 is 0. The number of phenols is 1. The number of amides is 1. The first-order valence-corrected chi connectivity index (χ1v) is 7.50. The van der Waals surface area contributed by atoms with Gasteiger partial charge in [-0.3, -0.25) is 14.9 Å². The number of hydrogen-bond acceptors (Lipinski definition) is 6. The molecule has 0 aliphatic carbocycles. The predicted molar refractivity (Wildman–Crippen MR) is 94.8 cm³/mol. The van der Waals surface area contributed by atoms with Crippen molar-refractivity contribution in [1.82, 2.24) is 5.43 Å². The molecule has 0 saturated carbocycles. The molecule has 2 aromatic rings. The van der Waals surface area contributed by atoms with Gasteiger partial charge in [0.2, 0.25) is 0 Å². The number of aryl methyl sites for hydroxylation is 1. The molecule has 0 heterocycles. The van der Waals surface area contributed by atoms with Crippen LogP contribution in [-0.2, 0) is 4.79 Å². The lowest BCUT2D eigenvalue weighted by Crippen LogP contribution is -2.34. The fourth-order valence-corrected chi connectivity index (χ4v) is 1.99. The van der Waals surface area contributed by atoms with Gasteiger partial charge in [0.25, 0.3) is 11.6 Å². The van der Waals surface area contributed by atoms with Crippen molar-refractivity contribution in [2.45, 2.75) is 19.9 Å². The standard InChI is InChI=1S/C17H18N4O4/c1-11-3-5-14(6-4-11)19-12(2)17(23)20-18-10-13-9-15(21(24)25)7-8-16(13)22/h3-10,12,19,22H,1-2H3,(H,20,23)/b18-10-/t12-/m0/s1. The number of rotatable bonds is 6. The minimum absolute atomic E-state index is 0.133. The van der Waals surface area contributed by atoms with Gasteiger partial charge in [0.15, 0.2) is 0 Å². The molecule has 0 fully saturated rings. The summed E-state index contributed by atoms with van der Waals surface area (Å²) in [4.78, 5) is 22.2. The molecule has 0 radical (unpaired) electrons. The maximum absolute atomic E-state index is 12.0. The Hall–Kier alpha value is -3.42. The molecule has 3 N–H and O–H groups in total. The molecule has 0 unspecified atom stereocenters. The van der Waals surface area contributed by atoms with Gasteiger partial charge in [0.1, 0.15) is 11.8 Å². The van der Waals surface area contributed by atoms with E-state index in [0.717, 1.165) is 17.5 Å². The number of aromatic hydroxyl groups is 1. The van der Waals surface area contributed by atoms with Crippen LogP contribution < -0.4 is 10.7 Å². The molecule has 130 valence electrons. The van der Waals surface area contributed by atoms with Crippen LogP contribution in [0.4, 0.5) is 11.4 Å². The second kappa shape index (κ2) is 7.91. The van der Waals surface area contributed by atoms with Crippen molar-refractivity contribution >= 4 is 23.5 Å². The topological polar surface area (TPSA) is 117 Å². The highest BCUT2D eigenvalue weighted by Gasteiger charge is 2.12. The number of nitro groups is 1. The predicted octanol–water partition coefficient (Wildman–Crippen LogP) is 2.56. The van der Waals surface area contributed by atoms with Crippen molar-refractivity contribution in [3.63, 3.8) is 0 Å². The number of benzene rings is 2. The summed E-state index contributed by atoms with van der Waals surface area (Å²) in [6.45, 7) is 3.65. The quantitative estimate of drug-likeness (QED) is 0.424. The second-order valence-electron chi connectivity index (χ2n) is 5.47. The Kier molecular flexibility index (Phi) is 5.67. The van der Waals surface area contributed by atoms with E-state index in [1.54, 1.807) is 6.92 Å². The van der Waals surface area contributed by atoms with E-state index < -0.39 is 11.0 Å². The number of phenolic OH excluding ortho intramolecular Hbond substituents is 1. The van der Waals surface area contributed by atoms with Gasteiger partial charge in [-0.05, 0) is 32.0 Å². The minimum Gasteiger partial charge on any atom is -0.507 e. The third-order valence-corrected chi connectivity index (χ3v) is 3.43. The van der Waals surface area contributed by atoms with E-state index >= 15 is 0 Å². The maximum Gasteiger partial charge on any atom is 0.270 e. The largest absolute Gasteiger partial charge is 0.507 e. The molecule has 0 bridgehead atoms. The zero-order valence-corrected chi connectivity index (χ0v) is 13.8. The van der Waals surface area contributed by atoms with E-state index in [-0.39, 0.29) is 22.9 Å². The molecule has 0 spiro atoms. The third-order valence-electron chi connectivity index (χ3n) is 3.43. The lowest BCUT2D eigenvalue weighted by Gasteiger charge is -2.13. The van der Waals surface area contributed by atoms with E-state index in [0.29, 0.717) is 0 Å². The summed E-state index contributed by atoms with van der Waals surface area (Å²) in [5.41, 5.74) is 4.19. The summed E-state index contributed by atoms with van der Waals surface area (Å²) in [5, 5.41) is 27.2. The molecule has 8 nitrogen and oxygen atoms in total. The normalized spacial score (nSPS) is 11.9. The van der Waals surface area contributed by atoms with Crippen LogP contribution in [0.5, 0.6) is 5.75 Å². The second-order valence-corrected chi connectivity index (χ2v) is 5.47. The Morgan fingerprint density at radius 3 is 2.60 bits per heavy atom. The monoisotopic (exact) mass is 342 g/mol. The highest BCUT2D eigenvalue weighted by Crippen LogP contribution is 2.21. The van der Waals surface area contributed by atoms with E-state index in [9.17, 15) is 20.0 Å². The van der Waals surface area contributed by atoms with E-state index in [1.807, 2.05) is 31.2 Å². The molecular formula is C17H18N4O4. The van der Waals surface area contributed by atoms with Crippen LogP contribution in [0.1, 0.15) is 18.1 Å². The van der Waals surface area contributed by atoms with Crippen LogP contribution >= 0.6 is 0 Å². The van der Waals surface area contributed by atoms with Gasteiger partial charge in [0, 0.05) is 23.4 Å². The Labute approximate surface area is 144 Å². The van der Waals surface area contributed by atoms with Gasteiger partial charge >= 0.3 is 0 Å². The number of non-ortho nitro benzene ring substituents is 1. The molecular weight excluding hydrogens is 324 g/mol. The SMILES string of the molecule is Cc1ccc(N[C@@H](C)C(=O)N/N=C\c2cc([N+](=O)[O-])ccc2O)cc1. The first-order chi connectivity index (χ1) is 11.9. The van der Waals surface area contributed by atoms with Gasteiger partial charge in [-0.1, -0.05) is 17.7 Å². The zero-order chi connectivity index (χ0) is 18.4. The number of nitrogens with zero attached hydrogens (tertiary/aromatic N) is 2. The van der Waals surface area contributed by atoms with Gasteiger partial charge in [-0.25, -0.2) is 5.43 Å². The Morgan fingerprint density at radius 1 is 1.28 bits per heavy atom. The van der Waals surface area contributed by atoms with Gasteiger partial charge in [0.05, 0.1) is 11.1 Å². The fourth-order valence-electron chi connectivity index (χ4n) is 1.99. The first kappa shape index (κ1) is 17.9. The van der Waals surface area contributed by atoms with Crippen LogP contribution in [0.2, 0.25) is 0 Å². The summed E-state index contributed by atoms with van der Waals surface area (Å²) in [6.07, 6.45) is 1.15. The molecule has 0 aliphatic rings. The summed E-state index contributed by atoms with van der Waals surface area (Å²) < 4.78 is 0. The van der Waals surface area contributed by atoms with Crippen molar-refractivity contribution in [1.29, 1.82) is 0 Å². The molecule has 0 aliphatic heterocycles. The van der Waals surface area contributed by atoms with Crippen molar-refractivity contribution in [3.8, 4) is 5.75 Å². The molecule has 0 saturated heterocycles. The van der Waals surface area contributed by atoms with E-state index in [4.69, 9.17) is 0 Å². The van der Waals surface area contributed by atoms with Crippen molar-refractivity contribution < 1.29 is 14.8 Å². The maximum atomic E-state index is 12.0. The highest BCUT2D eigenvalue weighted by molar-refractivity contribution is 5.88. The van der Waals surface area contributed by atoms with E-state index in [1.165, 1.54) is 18.2 Å². The molecule has 2 rings (SSSR count). The lowest BCUT2D eigenvalue weighted by molar-refractivity contribution is -0.384. The van der Waals surface area contributed by atoms with Gasteiger partial charge in [-0.2, -0.15) is 5.10 Å². The van der Waals surface area contributed by atoms with Gasteiger partial charge < -0.3 is 10.4 Å². The van der Waals surface area contributed by atoms with Gasteiger partial charge in [-0.15, -0.1) is 0 Å². The van der Waals surface area contributed by atoms with E-state index in [2.05, 4.69) is 15.8 Å². The molecule has 0 aromatic heterocycles. The molecule has 1 amide bonds. The number of nitrogens with one attached hydrogen (secondary N) is 2. The third kappa shape index (κ3) is 5.03. The number of carbonyl (C=O) groups is 1. The molecule has 25 heavy (non-hydrogen) atoms. The van der Waals surface area contributed by atoms with Crippen LogP contribution in [0, 0.1) is 17.0 Å². The summed E-state index contributed by atoms with van der Waals surface area (Å²) in [7, 11) is 0. The number of carbonyl (C=O) groups excluding carboxylic acids is 1. The summed E-state index contributed by atoms with van der Waals surface area (Å²) in [6, 6.07) is 10.6. The minimum atomic E-state index is -0.580. The van der Waals surface area contributed by atoms with Crippen LogP contribution in [0.15, 0.2) is 47.6 Å². The molecule has 2 aromatic carbocycles. The lowest BCUT2D eigenvalue weighted by atomic mass is 10.2. The van der Waals surface area contributed by atoms with Crippen LogP contribution in [-0.4, -0.2) is 28.2 Å². The Bertz CT molecular complexity index is 803. The number of hydrazone groups is 1. The number of anilines is 1. The average molecular weight is 342 g/mol. The highest BCUT2D eigenvalue weighted by atomic mass is 16.6. The van der Waals surface area contributed by atoms with Crippen LogP contribution in [0.25, 0.3) is 0 Å². The first-order valence-electron chi connectivity index (χ1n) is 7.50. The smallest absolute Gasteiger partial charge is 0.270 e. The Balaban J connectivity index is 1.96. The zero-order valence-electron chi connectivity index (χ0n) is 13.8. The number of nitro benzene ring substituents is 1. The molecule has 1 atom stereocenters. The van der Waals surface area contributed by atoms with Crippen molar-refractivity contribution in [2.24, 2.45) is 5.10 Å². The average Bonchev–Trinajstić information content (AvgIpc) is 2.58. The fraction of sp³-hybridized carbons (Fsp3) is 0.176.